The lowest BCUT2D eigenvalue weighted by Crippen LogP contribution is -2.37. The van der Waals surface area contributed by atoms with Crippen molar-refractivity contribution in [3.8, 4) is 11.5 Å². The molecular weight excluding hydrogens is 256 g/mol. The predicted molar refractivity (Wildman–Crippen MR) is 79.4 cm³/mol. The van der Waals surface area contributed by atoms with Crippen LogP contribution < -0.4 is 20.1 Å². The van der Waals surface area contributed by atoms with E-state index in [1.165, 1.54) is 0 Å². The van der Waals surface area contributed by atoms with Gasteiger partial charge in [0.2, 0.25) is 5.91 Å². The Kier molecular flexibility index (Phi) is 6.87. The highest BCUT2D eigenvalue weighted by atomic mass is 16.5. The first-order valence-electron chi connectivity index (χ1n) is 6.75. The molecular formula is C15H24N2O3. The minimum atomic E-state index is 0.0573. The molecule has 5 nitrogen and oxygen atoms in total. The molecule has 0 saturated heterocycles. The summed E-state index contributed by atoms with van der Waals surface area (Å²) in [6.45, 7) is 2.66. The Morgan fingerprint density at radius 1 is 1.25 bits per heavy atom. The third-order valence-electron chi connectivity index (χ3n) is 3.19. The summed E-state index contributed by atoms with van der Waals surface area (Å²) in [6, 6.07) is 5.99. The molecule has 0 radical (unpaired) electrons. The molecule has 1 amide bonds. The van der Waals surface area contributed by atoms with Crippen molar-refractivity contribution >= 4 is 5.91 Å². The highest BCUT2D eigenvalue weighted by Crippen LogP contribution is 2.27. The first-order valence-corrected chi connectivity index (χ1v) is 6.75. The number of carbonyl (C=O) groups excluding carboxylic acids is 1. The van der Waals surface area contributed by atoms with Gasteiger partial charge in [-0.15, -0.1) is 0 Å². The first-order chi connectivity index (χ1) is 9.60. The lowest BCUT2D eigenvalue weighted by molar-refractivity contribution is -0.121. The number of aryl methyl sites for hydroxylation is 1. The standard InChI is InChI=1S/C15H24N2O3/c1-11(16-2)10-17-15(18)8-6-12-5-7-13(19-3)14(9-12)20-4/h5,7,9,11,16H,6,8,10H2,1-4H3,(H,17,18). The molecule has 0 aliphatic carbocycles. The average Bonchev–Trinajstić information content (AvgIpc) is 2.49. The molecule has 0 saturated carbocycles. The lowest BCUT2D eigenvalue weighted by atomic mass is 10.1. The van der Waals surface area contributed by atoms with Crippen LogP contribution in [0.25, 0.3) is 0 Å². The molecule has 0 heterocycles. The molecule has 1 rings (SSSR count). The second-order valence-corrected chi connectivity index (χ2v) is 4.68. The van der Waals surface area contributed by atoms with E-state index in [0.29, 0.717) is 30.9 Å². The average molecular weight is 280 g/mol. The fourth-order valence-corrected chi connectivity index (χ4v) is 1.75. The van der Waals surface area contributed by atoms with Crippen LogP contribution in [0.3, 0.4) is 0 Å². The summed E-state index contributed by atoms with van der Waals surface area (Å²) in [6.07, 6.45) is 1.14. The number of hydrogen-bond donors (Lipinski definition) is 2. The van der Waals surface area contributed by atoms with Crippen LogP contribution in [-0.4, -0.2) is 39.8 Å². The molecule has 0 fully saturated rings. The third-order valence-corrected chi connectivity index (χ3v) is 3.19. The van der Waals surface area contributed by atoms with Crippen LogP contribution in [0.15, 0.2) is 18.2 Å². The Balaban J connectivity index is 2.47. The molecule has 0 spiro atoms. The highest BCUT2D eigenvalue weighted by molar-refractivity contribution is 5.76. The number of methoxy groups -OCH3 is 2. The summed E-state index contributed by atoms with van der Waals surface area (Å²) in [4.78, 5) is 11.7. The number of rotatable bonds is 8. The number of ether oxygens (including phenoxy) is 2. The monoisotopic (exact) mass is 280 g/mol. The molecule has 112 valence electrons. The van der Waals surface area contributed by atoms with Crippen LogP contribution in [0.4, 0.5) is 0 Å². The summed E-state index contributed by atoms with van der Waals surface area (Å²) < 4.78 is 10.4. The number of benzene rings is 1. The van der Waals surface area contributed by atoms with E-state index in [2.05, 4.69) is 10.6 Å². The normalized spacial score (nSPS) is 11.8. The Morgan fingerprint density at radius 2 is 1.95 bits per heavy atom. The Labute approximate surface area is 120 Å². The van der Waals surface area contributed by atoms with Gasteiger partial charge in [0, 0.05) is 19.0 Å². The van der Waals surface area contributed by atoms with E-state index in [1.807, 2.05) is 32.2 Å². The summed E-state index contributed by atoms with van der Waals surface area (Å²) >= 11 is 0. The molecule has 0 aliphatic rings. The van der Waals surface area contributed by atoms with E-state index in [-0.39, 0.29) is 11.9 Å². The van der Waals surface area contributed by atoms with Crippen molar-refractivity contribution in [2.75, 3.05) is 27.8 Å². The van der Waals surface area contributed by atoms with Crippen molar-refractivity contribution in [1.82, 2.24) is 10.6 Å². The van der Waals surface area contributed by atoms with Crippen LogP contribution in [0, 0.1) is 0 Å². The molecule has 5 heteroatoms. The summed E-state index contributed by atoms with van der Waals surface area (Å²) in [5.74, 6) is 1.44. The number of likely N-dealkylation sites (N-methyl/N-ethyl adjacent to an activating group) is 1. The van der Waals surface area contributed by atoms with Crippen molar-refractivity contribution < 1.29 is 14.3 Å². The molecule has 1 unspecified atom stereocenters. The molecule has 2 N–H and O–H groups in total. The lowest BCUT2D eigenvalue weighted by Gasteiger charge is -2.12. The number of amides is 1. The number of hydrogen-bond acceptors (Lipinski definition) is 4. The number of carbonyl (C=O) groups is 1. The van der Waals surface area contributed by atoms with E-state index in [9.17, 15) is 4.79 Å². The fraction of sp³-hybridized carbons (Fsp3) is 0.533. The van der Waals surface area contributed by atoms with Crippen LogP contribution >= 0.6 is 0 Å². The van der Waals surface area contributed by atoms with Crippen molar-refractivity contribution in [3.63, 3.8) is 0 Å². The zero-order valence-corrected chi connectivity index (χ0v) is 12.7. The minimum absolute atomic E-state index is 0.0573. The largest absolute Gasteiger partial charge is 0.493 e. The maximum absolute atomic E-state index is 11.7. The van der Waals surface area contributed by atoms with Crippen LogP contribution in [0.1, 0.15) is 18.9 Å². The van der Waals surface area contributed by atoms with Crippen molar-refractivity contribution in [2.45, 2.75) is 25.8 Å². The SMILES string of the molecule is CNC(C)CNC(=O)CCc1ccc(OC)c(OC)c1. The highest BCUT2D eigenvalue weighted by Gasteiger charge is 2.07. The zero-order chi connectivity index (χ0) is 15.0. The van der Waals surface area contributed by atoms with Crippen molar-refractivity contribution in [3.05, 3.63) is 23.8 Å². The minimum Gasteiger partial charge on any atom is -0.493 e. The Morgan fingerprint density at radius 3 is 2.55 bits per heavy atom. The van der Waals surface area contributed by atoms with Gasteiger partial charge in [-0.1, -0.05) is 6.07 Å². The first kappa shape index (κ1) is 16.3. The quantitative estimate of drug-likeness (QED) is 0.755. The maximum Gasteiger partial charge on any atom is 0.220 e. The molecule has 0 aromatic heterocycles. The topological polar surface area (TPSA) is 59.6 Å². The van der Waals surface area contributed by atoms with Crippen LogP contribution in [0.2, 0.25) is 0 Å². The van der Waals surface area contributed by atoms with E-state index in [4.69, 9.17) is 9.47 Å². The fourth-order valence-electron chi connectivity index (χ4n) is 1.75. The second-order valence-electron chi connectivity index (χ2n) is 4.68. The van der Waals surface area contributed by atoms with Crippen molar-refractivity contribution in [1.29, 1.82) is 0 Å². The van der Waals surface area contributed by atoms with E-state index >= 15 is 0 Å². The summed E-state index contributed by atoms with van der Waals surface area (Å²) in [5, 5.41) is 5.97. The predicted octanol–water partition coefficient (Wildman–Crippen LogP) is 1.36. The second kappa shape index (κ2) is 8.43. The van der Waals surface area contributed by atoms with Crippen molar-refractivity contribution in [2.24, 2.45) is 0 Å². The van der Waals surface area contributed by atoms with Gasteiger partial charge >= 0.3 is 0 Å². The van der Waals surface area contributed by atoms with Gasteiger partial charge in [0.25, 0.3) is 0 Å². The van der Waals surface area contributed by atoms with E-state index in [1.54, 1.807) is 14.2 Å². The van der Waals surface area contributed by atoms with Gasteiger partial charge < -0.3 is 20.1 Å². The van der Waals surface area contributed by atoms with Gasteiger partial charge in [-0.25, -0.2) is 0 Å². The summed E-state index contributed by atoms with van der Waals surface area (Å²) in [5.41, 5.74) is 1.06. The third kappa shape index (κ3) is 5.09. The van der Waals surface area contributed by atoms with Crippen LogP contribution in [0.5, 0.6) is 11.5 Å². The zero-order valence-electron chi connectivity index (χ0n) is 12.7. The van der Waals surface area contributed by atoms with Gasteiger partial charge in [0.05, 0.1) is 14.2 Å². The Hall–Kier alpha value is -1.75. The van der Waals surface area contributed by atoms with Gasteiger partial charge in [-0.05, 0) is 38.1 Å². The van der Waals surface area contributed by atoms with Gasteiger partial charge in [0.15, 0.2) is 11.5 Å². The number of nitrogens with one attached hydrogen (secondary N) is 2. The van der Waals surface area contributed by atoms with E-state index in [0.717, 1.165) is 5.56 Å². The molecule has 0 aliphatic heterocycles. The van der Waals surface area contributed by atoms with Gasteiger partial charge in [0.1, 0.15) is 0 Å². The molecule has 0 bridgehead atoms. The molecule has 1 aromatic rings. The molecule has 1 atom stereocenters. The van der Waals surface area contributed by atoms with Crippen LogP contribution in [-0.2, 0) is 11.2 Å². The van der Waals surface area contributed by atoms with Gasteiger partial charge in [-0.2, -0.15) is 0 Å². The molecule has 20 heavy (non-hydrogen) atoms. The Bertz CT molecular complexity index is 435. The summed E-state index contributed by atoms with van der Waals surface area (Å²) in [7, 11) is 5.09. The maximum atomic E-state index is 11.7. The van der Waals surface area contributed by atoms with E-state index < -0.39 is 0 Å². The van der Waals surface area contributed by atoms with Gasteiger partial charge in [-0.3, -0.25) is 4.79 Å². The molecule has 1 aromatic carbocycles. The smallest absolute Gasteiger partial charge is 0.220 e.